The van der Waals surface area contributed by atoms with Crippen LogP contribution in [0.4, 0.5) is 5.69 Å². The number of anilines is 1. The first kappa shape index (κ1) is 23.7. The molecule has 0 saturated heterocycles. The lowest BCUT2D eigenvalue weighted by Crippen LogP contribution is -2.24. The summed E-state index contributed by atoms with van der Waals surface area (Å²) in [7, 11) is 0. The number of carbonyl (C=O) groups excluding carboxylic acids is 2. The number of rotatable bonds is 10. The minimum absolute atomic E-state index is 0.389. The van der Waals surface area contributed by atoms with Crippen molar-refractivity contribution in [2.75, 3.05) is 18.5 Å². The van der Waals surface area contributed by atoms with Crippen LogP contribution in [0.5, 0.6) is 11.5 Å². The summed E-state index contributed by atoms with van der Waals surface area (Å²) in [5.41, 5.74) is 3.47. The normalized spacial score (nSPS) is 10.7. The second-order valence-corrected chi connectivity index (χ2v) is 7.37. The van der Waals surface area contributed by atoms with E-state index in [1.165, 1.54) is 6.21 Å². The molecule has 2 amide bonds. The van der Waals surface area contributed by atoms with Crippen LogP contribution < -0.4 is 20.2 Å². The largest absolute Gasteiger partial charge is 0.490 e. The number of para-hydroxylation sites is 1. The first-order chi connectivity index (χ1) is 14.4. The fourth-order valence-electron chi connectivity index (χ4n) is 2.39. The highest BCUT2D eigenvalue weighted by molar-refractivity contribution is 9.10. The predicted octanol–water partition coefficient (Wildman–Crippen LogP) is 4.77. The number of hydrogen-bond donors (Lipinski definition) is 2. The Morgan fingerprint density at radius 2 is 1.93 bits per heavy atom. The summed E-state index contributed by atoms with van der Waals surface area (Å²) in [6, 6.07) is 10.3. The smallest absolute Gasteiger partial charge is 0.249 e. The average Bonchev–Trinajstić information content (AvgIpc) is 2.69. The minimum atomic E-state index is -0.553. The molecule has 160 valence electrons. The molecule has 0 unspecified atom stereocenters. The van der Waals surface area contributed by atoms with Crippen molar-refractivity contribution in [3.8, 4) is 11.5 Å². The first-order valence-electron chi connectivity index (χ1n) is 9.40. The number of halogens is 2. The van der Waals surface area contributed by atoms with Gasteiger partial charge in [0.05, 0.1) is 34.6 Å². The molecule has 2 aromatic carbocycles. The molecule has 0 heterocycles. The van der Waals surface area contributed by atoms with Gasteiger partial charge in [0.1, 0.15) is 6.42 Å². The van der Waals surface area contributed by atoms with Crippen LogP contribution in [0, 0.1) is 0 Å². The minimum Gasteiger partial charge on any atom is -0.490 e. The maximum atomic E-state index is 12.0. The predicted molar refractivity (Wildman–Crippen MR) is 122 cm³/mol. The van der Waals surface area contributed by atoms with Gasteiger partial charge in [0, 0.05) is 0 Å². The monoisotopic (exact) mass is 495 g/mol. The van der Waals surface area contributed by atoms with Crippen LogP contribution in [0.1, 0.15) is 32.3 Å². The Bertz CT molecular complexity index is 921. The molecule has 2 N–H and O–H groups in total. The number of carbonyl (C=O) groups is 2. The first-order valence-corrected chi connectivity index (χ1v) is 10.6. The van der Waals surface area contributed by atoms with Crippen LogP contribution in [-0.4, -0.2) is 31.2 Å². The molecule has 0 fully saturated rings. The Morgan fingerprint density at radius 1 is 1.17 bits per heavy atom. The zero-order valence-corrected chi connectivity index (χ0v) is 19.0. The van der Waals surface area contributed by atoms with Crippen molar-refractivity contribution in [3.63, 3.8) is 0 Å². The standard InChI is InChI=1S/C21H23BrClN3O4/c1-3-9-30-21-15(22)10-14(11-18(21)29-4-2)13-24-26-20(28)12-19(27)25-17-8-6-5-7-16(17)23/h5-8,10-11,13H,3-4,9,12H2,1-2H3,(H,25,27)(H,26,28). The molecule has 7 nitrogen and oxygen atoms in total. The fourth-order valence-corrected chi connectivity index (χ4v) is 3.15. The lowest BCUT2D eigenvalue weighted by atomic mass is 10.2. The van der Waals surface area contributed by atoms with Gasteiger partial charge in [-0.05, 0) is 59.1 Å². The van der Waals surface area contributed by atoms with Gasteiger partial charge < -0.3 is 14.8 Å². The third-order valence-corrected chi connectivity index (χ3v) is 4.57. The summed E-state index contributed by atoms with van der Waals surface area (Å²) in [6.07, 6.45) is 1.94. The number of nitrogens with zero attached hydrogens (tertiary/aromatic N) is 1. The van der Waals surface area contributed by atoms with Crippen molar-refractivity contribution in [1.29, 1.82) is 0 Å². The van der Waals surface area contributed by atoms with Gasteiger partial charge in [-0.3, -0.25) is 9.59 Å². The molecule has 30 heavy (non-hydrogen) atoms. The molecule has 0 spiro atoms. The second kappa shape index (κ2) is 12.2. The maximum Gasteiger partial charge on any atom is 0.249 e. The summed E-state index contributed by atoms with van der Waals surface area (Å²) < 4.78 is 12.1. The van der Waals surface area contributed by atoms with Crippen molar-refractivity contribution in [2.24, 2.45) is 5.10 Å². The van der Waals surface area contributed by atoms with E-state index in [0.717, 1.165) is 6.42 Å². The average molecular weight is 497 g/mol. The molecule has 2 aromatic rings. The Labute approximate surface area is 188 Å². The van der Waals surface area contributed by atoms with E-state index < -0.39 is 11.8 Å². The van der Waals surface area contributed by atoms with Crippen molar-refractivity contribution in [1.82, 2.24) is 5.43 Å². The topological polar surface area (TPSA) is 89.0 Å². The van der Waals surface area contributed by atoms with Gasteiger partial charge in [-0.15, -0.1) is 0 Å². The van der Waals surface area contributed by atoms with E-state index in [1.807, 2.05) is 13.8 Å². The van der Waals surface area contributed by atoms with Crippen molar-refractivity contribution in [2.45, 2.75) is 26.7 Å². The molecule has 2 rings (SSSR count). The Morgan fingerprint density at radius 3 is 2.63 bits per heavy atom. The van der Waals surface area contributed by atoms with Gasteiger partial charge in [-0.25, -0.2) is 5.43 Å². The van der Waals surface area contributed by atoms with Crippen LogP contribution in [-0.2, 0) is 9.59 Å². The third kappa shape index (κ3) is 7.35. The van der Waals surface area contributed by atoms with Crippen molar-refractivity contribution in [3.05, 3.63) is 51.5 Å². The van der Waals surface area contributed by atoms with E-state index in [9.17, 15) is 9.59 Å². The molecular weight excluding hydrogens is 474 g/mol. The lowest BCUT2D eigenvalue weighted by molar-refractivity contribution is -0.126. The molecule has 0 saturated carbocycles. The number of ether oxygens (including phenoxy) is 2. The van der Waals surface area contributed by atoms with Gasteiger partial charge >= 0.3 is 0 Å². The number of nitrogens with one attached hydrogen (secondary N) is 2. The summed E-state index contributed by atoms with van der Waals surface area (Å²) in [5, 5.41) is 6.88. The molecule has 0 atom stereocenters. The van der Waals surface area contributed by atoms with Gasteiger partial charge in [-0.2, -0.15) is 5.10 Å². The molecular formula is C21H23BrClN3O4. The number of hydrazone groups is 1. The SMILES string of the molecule is CCCOc1c(Br)cc(C=NNC(=O)CC(=O)Nc2ccccc2Cl)cc1OCC. The molecule has 0 aliphatic carbocycles. The second-order valence-electron chi connectivity index (χ2n) is 6.11. The zero-order valence-electron chi connectivity index (χ0n) is 16.7. The van der Waals surface area contributed by atoms with E-state index in [-0.39, 0.29) is 6.42 Å². The van der Waals surface area contributed by atoms with E-state index in [1.54, 1.807) is 36.4 Å². The van der Waals surface area contributed by atoms with E-state index in [4.69, 9.17) is 21.1 Å². The number of benzene rings is 2. The Hall–Kier alpha value is -2.58. The van der Waals surface area contributed by atoms with Gasteiger partial charge in [0.15, 0.2) is 11.5 Å². The molecule has 0 aliphatic heterocycles. The van der Waals surface area contributed by atoms with Gasteiger partial charge in [0.2, 0.25) is 11.8 Å². The summed E-state index contributed by atoms with van der Waals surface area (Å²) >= 11 is 9.45. The van der Waals surface area contributed by atoms with Crippen LogP contribution in [0.2, 0.25) is 5.02 Å². The van der Waals surface area contributed by atoms with Gasteiger partial charge in [-0.1, -0.05) is 30.7 Å². The summed E-state index contributed by atoms with van der Waals surface area (Å²) in [4.78, 5) is 23.9. The molecule has 0 radical (unpaired) electrons. The molecule has 9 heteroatoms. The fraction of sp³-hybridized carbons (Fsp3) is 0.286. The van der Waals surface area contributed by atoms with Crippen LogP contribution in [0.25, 0.3) is 0 Å². The Kier molecular flexibility index (Phi) is 9.63. The summed E-state index contributed by atoms with van der Waals surface area (Å²) in [6.45, 7) is 4.95. The molecule has 0 aliphatic rings. The van der Waals surface area contributed by atoms with Crippen LogP contribution in [0.3, 0.4) is 0 Å². The van der Waals surface area contributed by atoms with E-state index in [2.05, 4.69) is 31.8 Å². The highest BCUT2D eigenvalue weighted by Gasteiger charge is 2.12. The Balaban J connectivity index is 1.96. The van der Waals surface area contributed by atoms with Crippen molar-refractivity contribution < 1.29 is 19.1 Å². The number of amides is 2. The lowest BCUT2D eigenvalue weighted by Gasteiger charge is -2.14. The molecule has 0 bridgehead atoms. The number of hydrogen-bond acceptors (Lipinski definition) is 5. The van der Waals surface area contributed by atoms with Crippen molar-refractivity contribution >= 4 is 51.2 Å². The zero-order chi connectivity index (χ0) is 21.9. The maximum absolute atomic E-state index is 12.0. The highest BCUT2D eigenvalue weighted by Crippen LogP contribution is 2.36. The van der Waals surface area contributed by atoms with Crippen LogP contribution >= 0.6 is 27.5 Å². The quantitative estimate of drug-likeness (QED) is 0.282. The van der Waals surface area contributed by atoms with E-state index >= 15 is 0 Å². The molecule has 0 aromatic heterocycles. The highest BCUT2D eigenvalue weighted by atomic mass is 79.9. The van der Waals surface area contributed by atoms with E-state index in [0.29, 0.717) is 45.5 Å². The van der Waals surface area contributed by atoms with Gasteiger partial charge in [0.25, 0.3) is 0 Å². The summed E-state index contributed by atoms with van der Waals surface area (Å²) in [5.74, 6) is 0.153. The van der Waals surface area contributed by atoms with Crippen LogP contribution in [0.15, 0.2) is 46.0 Å². The third-order valence-electron chi connectivity index (χ3n) is 3.65.